The van der Waals surface area contributed by atoms with Gasteiger partial charge in [0.2, 0.25) is 5.88 Å². The van der Waals surface area contributed by atoms with Crippen molar-refractivity contribution in [1.29, 1.82) is 0 Å². The summed E-state index contributed by atoms with van der Waals surface area (Å²) in [5.74, 6) is 2.89. The minimum absolute atomic E-state index is 0.491. The lowest BCUT2D eigenvalue weighted by Gasteiger charge is -2.14. The lowest BCUT2D eigenvalue weighted by molar-refractivity contribution is 0.283. The maximum Gasteiger partial charge on any atom is 0.217 e. The Balaban J connectivity index is 1.80. The van der Waals surface area contributed by atoms with Gasteiger partial charge < -0.3 is 4.74 Å². The molecule has 2 aliphatic carbocycles. The molecule has 0 aliphatic heterocycles. The number of rotatable bonds is 5. The third-order valence-electron chi connectivity index (χ3n) is 3.68. The second-order valence-corrected chi connectivity index (χ2v) is 5.81. The third-order valence-corrected chi connectivity index (χ3v) is 3.68. The molecule has 1 heterocycles. The molecular formula is C15H21NO. The van der Waals surface area contributed by atoms with Gasteiger partial charge in [-0.3, -0.25) is 0 Å². The lowest BCUT2D eigenvalue weighted by Crippen LogP contribution is -2.06. The molecule has 17 heavy (non-hydrogen) atoms. The van der Waals surface area contributed by atoms with Gasteiger partial charge in [-0.2, -0.15) is 0 Å². The van der Waals surface area contributed by atoms with Crippen LogP contribution in [0.1, 0.15) is 62.6 Å². The van der Waals surface area contributed by atoms with E-state index in [1.165, 1.54) is 36.9 Å². The van der Waals surface area contributed by atoms with Crippen molar-refractivity contribution in [2.75, 3.05) is 6.61 Å². The summed E-state index contributed by atoms with van der Waals surface area (Å²) in [7, 11) is 0. The lowest BCUT2D eigenvalue weighted by atomic mass is 10.0. The quantitative estimate of drug-likeness (QED) is 0.767. The number of aromatic nitrogens is 1. The summed E-state index contributed by atoms with van der Waals surface area (Å²) in [6, 6.07) is 4.41. The summed E-state index contributed by atoms with van der Waals surface area (Å²) in [5, 5.41) is 0. The minimum Gasteiger partial charge on any atom is -0.477 e. The van der Waals surface area contributed by atoms with Gasteiger partial charge in [-0.25, -0.2) is 4.98 Å². The molecule has 1 aromatic heterocycles. The number of ether oxygens (including phenoxy) is 1. The molecule has 2 saturated carbocycles. The van der Waals surface area contributed by atoms with Crippen molar-refractivity contribution >= 4 is 0 Å². The van der Waals surface area contributed by atoms with Gasteiger partial charge >= 0.3 is 0 Å². The van der Waals surface area contributed by atoms with E-state index in [1.807, 2.05) is 0 Å². The molecule has 0 bridgehead atoms. The van der Waals surface area contributed by atoms with Gasteiger partial charge in [0, 0.05) is 17.2 Å². The van der Waals surface area contributed by atoms with Crippen LogP contribution in [-0.4, -0.2) is 11.6 Å². The predicted molar refractivity (Wildman–Crippen MR) is 68.5 cm³/mol. The molecule has 0 N–H and O–H groups in total. The van der Waals surface area contributed by atoms with Gasteiger partial charge in [-0.05, 0) is 43.6 Å². The Morgan fingerprint density at radius 3 is 2.59 bits per heavy atom. The van der Waals surface area contributed by atoms with Gasteiger partial charge in [0.1, 0.15) is 0 Å². The first kappa shape index (κ1) is 11.1. The first-order valence-corrected chi connectivity index (χ1v) is 6.87. The van der Waals surface area contributed by atoms with Gasteiger partial charge in [0.05, 0.1) is 6.61 Å². The molecule has 92 valence electrons. The van der Waals surface area contributed by atoms with Crippen molar-refractivity contribution in [3.8, 4) is 5.88 Å². The summed E-state index contributed by atoms with van der Waals surface area (Å²) in [6.45, 7) is 5.27. The summed E-state index contributed by atoms with van der Waals surface area (Å²) in [6.07, 6.45) is 5.27. The van der Waals surface area contributed by atoms with Crippen LogP contribution in [-0.2, 0) is 0 Å². The van der Waals surface area contributed by atoms with Crippen LogP contribution in [0.5, 0.6) is 5.88 Å². The van der Waals surface area contributed by atoms with Crippen LogP contribution in [0.3, 0.4) is 0 Å². The summed E-state index contributed by atoms with van der Waals surface area (Å²) in [5.41, 5.74) is 2.50. The molecule has 0 atom stereocenters. The van der Waals surface area contributed by atoms with E-state index in [2.05, 4.69) is 26.0 Å². The third kappa shape index (κ3) is 2.62. The fourth-order valence-electron chi connectivity index (χ4n) is 2.11. The van der Waals surface area contributed by atoms with E-state index in [1.54, 1.807) is 0 Å². The van der Waals surface area contributed by atoms with E-state index in [0.717, 1.165) is 18.4 Å². The fraction of sp³-hybridized carbons (Fsp3) is 0.667. The van der Waals surface area contributed by atoms with Crippen LogP contribution in [0.4, 0.5) is 0 Å². The number of hydrogen-bond donors (Lipinski definition) is 0. The van der Waals surface area contributed by atoms with Crippen molar-refractivity contribution < 1.29 is 4.74 Å². The van der Waals surface area contributed by atoms with Gasteiger partial charge in [-0.1, -0.05) is 19.9 Å². The maximum atomic E-state index is 5.93. The maximum absolute atomic E-state index is 5.93. The van der Waals surface area contributed by atoms with E-state index in [-0.39, 0.29) is 0 Å². The van der Waals surface area contributed by atoms with Crippen LogP contribution >= 0.6 is 0 Å². The summed E-state index contributed by atoms with van der Waals surface area (Å²) >= 11 is 0. The highest BCUT2D eigenvalue weighted by Crippen LogP contribution is 2.40. The standard InChI is InChI=1S/C15H21NO/c1-10(2)13-7-8-14(12-5-6-12)16-15(13)17-9-11-3-4-11/h7-8,10-12H,3-6,9H2,1-2H3. The average Bonchev–Trinajstić information content (AvgIpc) is 3.17. The van der Waals surface area contributed by atoms with Crippen molar-refractivity contribution in [2.24, 2.45) is 5.92 Å². The Morgan fingerprint density at radius 1 is 1.24 bits per heavy atom. The molecule has 0 radical (unpaired) electrons. The zero-order valence-corrected chi connectivity index (χ0v) is 10.8. The zero-order chi connectivity index (χ0) is 11.8. The monoisotopic (exact) mass is 231 g/mol. The van der Waals surface area contributed by atoms with Crippen LogP contribution in [0.25, 0.3) is 0 Å². The van der Waals surface area contributed by atoms with Gasteiger partial charge in [-0.15, -0.1) is 0 Å². The molecule has 2 nitrogen and oxygen atoms in total. The van der Waals surface area contributed by atoms with Gasteiger partial charge in [0.25, 0.3) is 0 Å². The molecule has 0 amide bonds. The smallest absolute Gasteiger partial charge is 0.217 e. The average molecular weight is 231 g/mol. The summed E-state index contributed by atoms with van der Waals surface area (Å²) < 4.78 is 5.93. The topological polar surface area (TPSA) is 22.1 Å². The second kappa shape index (κ2) is 4.32. The van der Waals surface area contributed by atoms with Crippen LogP contribution < -0.4 is 4.74 Å². The van der Waals surface area contributed by atoms with Gasteiger partial charge in [0.15, 0.2) is 0 Å². The highest BCUT2D eigenvalue weighted by atomic mass is 16.5. The van der Waals surface area contributed by atoms with E-state index < -0.39 is 0 Å². The van der Waals surface area contributed by atoms with Crippen molar-refractivity contribution in [2.45, 2.75) is 51.4 Å². The molecule has 0 aromatic carbocycles. The van der Waals surface area contributed by atoms with Crippen LogP contribution in [0.15, 0.2) is 12.1 Å². The number of nitrogens with zero attached hydrogens (tertiary/aromatic N) is 1. The molecule has 0 spiro atoms. The van der Waals surface area contributed by atoms with Crippen LogP contribution in [0, 0.1) is 5.92 Å². The molecule has 0 saturated heterocycles. The van der Waals surface area contributed by atoms with Crippen LogP contribution in [0.2, 0.25) is 0 Å². The Kier molecular flexibility index (Phi) is 2.81. The zero-order valence-electron chi connectivity index (χ0n) is 10.8. The first-order valence-electron chi connectivity index (χ1n) is 6.87. The predicted octanol–water partition coefficient (Wildman–Crippen LogP) is 3.87. The molecule has 1 aromatic rings. The number of pyridine rings is 1. The van der Waals surface area contributed by atoms with Crippen molar-refractivity contribution in [3.63, 3.8) is 0 Å². The minimum atomic E-state index is 0.491. The van der Waals surface area contributed by atoms with Crippen molar-refractivity contribution in [1.82, 2.24) is 4.98 Å². The largest absolute Gasteiger partial charge is 0.477 e. The Labute approximate surface area is 103 Å². The molecular weight excluding hydrogens is 210 g/mol. The molecule has 0 unspecified atom stereocenters. The first-order chi connectivity index (χ1) is 8.24. The van der Waals surface area contributed by atoms with E-state index in [0.29, 0.717) is 11.8 Å². The summed E-state index contributed by atoms with van der Waals surface area (Å²) in [4.78, 5) is 4.73. The molecule has 3 rings (SSSR count). The Bertz CT molecular complexity index is 405. The number of hydrogen-bond acceptors (Lipinski definition) is 2. The van der Waals surface area contributed by atoms with E-state index >= 15 is 0 Å². The SMILES string of the molecule is CC(C)c1ccc(C2CC2)nc1OCC1CC1. The second-order valence-electron chi connectivity index (χ2n) is 5.81. The highest BCUT2D eigenvalue weighted by Gasteiger charge is 2.27. The highest BCUT2D eigenvalue weighted by molar-refractivity contribution is 5.33. The molecule has 2 heteroatoms. The Hall–Kier alpha value is -1.05. The fourth-order valence-corrected chi connectivity index (χ4v) is 2.11. The van der Waals surface area contributed by atoms with E-state index in [9.17, 15) is 0 Å². The van der Waals surface area contributed by atoms with Crippen molar-refractivity contribution in [3.05, 3.63) is 23.4 Å². The van der Waals surface area contributed by atoms with E-state index in [4.69, 9.17) is 9.72 Å². The molecule has 2 aliphatic rings. The molecule has 2 fully saturated rings. The normalized spacial score (nSPS) is 19.7. The Morgan fingerprint density at radius 2 is 2.00 bits per heavy atom.